The zero-order chi connectivity index (χ0) is 25.8. The van der Waals surface area contributed by atoms with Crippen molar-refractivity contribution < 1.29 is 4.57 Å². The molecule has 2 heterocycles. The number of hydrogen-bond acceptors (Lipinski definition) is 2. The Labute approximate surface area is 224 Å². The smallest absolute Gasteiger partial charge is 0.269 e. The molecule has 0 bridgehead atoms. The molecule has 4 atom stereocenters. The lowest BCUT2D eigenvalue weighted by atomic mass is 9.86. The third-order valence-corrected chi connectivity index (χ3v) is 8.64. The van der Waals surface area contributed by atoms with Gasteiger partial charge in [0, 0.05) is 18.7 Å². The van der Waals surface area contributed by atoms with Crippen molar-refractivity contribution in [3.8, 4) is 5.69 Å². The fourth-order valence-corrected chi connectivity index (χ4v) is 6.82. The molecule has 0 N–H and O–H groups in total. The van der Waals surface area contributed by atoms with Crippen LogP contribution >= 0.6 is 0 Å². The minimum absolute atomic E-state index is 0.200. The van der Waals surface area contributed by atoms with Crippen LogP contribution in [-0.2, 0) is 7.05 Å². The van der Waals surface area contributed by atoms with Gasteiger partial charge in [-0.25, -0.2) is 4.57 Å². The molecule has 2 aliphatic rings. The predicted molar refractivity (Wildman–Crippen MR) is 156 cm³/mol. The van der Waals surface area contributed by atoms with Crippen LogP contribution in [0.3, 0.4) is 0 Å². The SMILES string of the molecule is CC1C(c2n(-c3ccccc3)c3ccccc3[n+]2C)C=CC1C1N(C)c2ccccc2N1c1ccccc1. The average molecular weight is 498 g/mol. The third kappa shape index (κ3) is 3.33. The average Bonchev–Trinajstić information content (AvgIpc) is 3.58. The van der Waals surface area contributed by atoms with Gasteiger partial charge < -0.3 is 9.80 Å². The van der Waals surface area contributed by atoms with Crippen LogP contribution in [0.15, 0.2) is 121 Å². The maximum Gasteiger partial charge on any atom is 0.269 e. The first-order valence-corrected chi connectivity index (χ1v) is 13.5. The number of anilines is 3. The van der Waals surface area contributed by atoms with E-state index in [1.165, 1.54) is 39.6 Å². The Bertz CT molecular complexity index is 1640. The molecule has 0 saturated heterocycles. The second kappa shape index (κ2) is 8.91. The second-order valence-electron chi connectivity index (χ2n) is 10.6. The zero-order valence-corrected chi connectivity index (χ0v) is 22.1. The topological polar surface area (TPSA) is 15.3 Å². The Morgan fingerprint density at radius 1 is 0.658 bits per heavy atom. The number of nitrogens with zero attached hydrogens (tertiary/aromatic N) is 4. The van der Waals surface area contributed by atoms with Gasteiger partial charge in [0.25, 0.3) is 5.82 Å². The van der Waals surface area contributed by atoms with Crippen molar-refractivity contribution in [1.82, 2.24) is 4.57 Å². The molecular formula is C34H33N4+. The number of benzene rings is 4. The van der Waals surface area contributed by atoms with E-state index >= 15 is 0 Å². The van der Waals surface area contributed by atoms with Crippen LogP contribution in [0.2, 0.25) is 0 Å². The summed E-state index contributed by atoms with van der Waals surface area (Å²) in [5, 5.41) is 0. The first-order chi connectivity index (χ1) is 18.6. The summed E-state index contributed by atoms with van der Waals surface area (Å²) in [6.45, 7) is 2.43. The summed E-state index contributed by atoms with van der Waals surface area (Å²) in [6.07, 6.45) is 5.14. The molecule has 7 rings (SSSR count). The van der Waals surface area contributed by atoms with E-state index in [1.807, 2.05) is 0 Å². The molecule has 1 aliphatic heterocycles. The highest BCUT2D eigenvalue weighted by atomic mass is 15.4. The van der Waals surface area contributed by atoms with Crippen molar-refractivity contribution in [2.24, 2.45) is 18.9 Å². The molecule has 4 aromatic carbocycles. The molecule has 188 valence electrons. The molecule has 5 aromatic rings. The molecular weight excluding hydrogens is 464 g/mol. The molecule has 0 radical (unpaired) electrons. The van der Waals surface area contributed by atoms with Crippen molar-refractivity contribution in [1.29, 1.82) is 0 Å². The van der Waals surface area contributed by atoms with Gasteiger partial charge in [0.2, 0.25) is 0 Å². The predicted octanol–water partition coefficient (Wildman–Crippen LogP) is 6.97. The van der Waals surface area contributed by atoms with E-state index in [-0.39, 0.29) is 12.1 Å². The maximum absolute atomic E-state index is 2.54. The molecule has 1 aliphatic carbocycles. The van der Waals surface area contributed by atoms with E-state index in [1.54, 1.807) is 0 Å². The van der Waals surface area contributed by atoms with Crippen LogP contribution < -0.4 is 14.4 Å². The molecule has 38 heavy (non-hydrogen) atoms. The highest BCUT2D eigenvalue weighted by molar-refractivity contribution is 5.83. The molecule has 4 unspecified atom stereocenters. The van der Waals surface area contributed by atoms with Crippen LogP contribution in [0.1, 0.15) is 18.7 Å². The highest BCUT2D eigenvalue weighted by Gasteiger charge is 2.47. The molecule has 0 amide bonds. The van der Waals surface area contributed by atoms with E-state index in [2.05, 4.69) is 161 Å². The van der Waals surface area contributed by atoms with Crippen LogP contribution in [0.25, 0.3) is 16.7 Å². The molecule has 0 fully saturated rings. The maximum atomic E-state index is 2.54. The van der Waals surface area contributed by atoms with Crippen molar-refractivity contribution >= 4 is 28.1 Å². The van der Waals surface area contributed by atoms with Crippen LogP contribution in [0, 0.1) is 11.8 Å². The second-order valence-corrected chi connectivity index (χ2v) is 10.6. The number of rotatable bonds is 4. The lowest BCUT2D eigenvalue weighted by Crippen LogP contribution is -2.46. The number of imidazole rings is 1. The molecule has 4 nitrogen and oxygen atoms in total. The van der Waals surface area contributed by atoms with Crippen molar-refractivity contribution in [3.05, 3.63) is 127 Å². The Hall–Kier alpha value is -4.31. The monoisotopic (exact) mass is 497 g/mol. The quantitative estimate of drug-likeness (QED) is 0.197. The minimum atomic E-state index is 0.200. The van der Waals surface area contributed by atoms with Gasteiger partial charge in [-0.3, -0.25) is 0 Å². The van der Waals surface area contributed by atoms with Crippen LogP contribution in [0.5, 0.6) is 0 Å². The van der Waals surface area contributed by atoms with Gasteiger partial charge in [0.1, 0.15) is 11.9 Å². The van der Waals surface area contributed by atoms with Gasteiger partial charge in [-0.05, 0) is 54.4 Å². The van der Waals surface area contributed by atoms with Gasteiger partial charge in [-0.15, -0.1) is 0 Å². The number of fused-ring (bicyclic) bond motifs is 2. The Balaban J connectivity index is 1.34. The summed E-state index contributed by atoms with van der Waals surface area (Å²) >= 11 is 0. The number of hydrogen-bond donors (Lipinski definition) is 0. The zero-order valence-electron chi connectivity index (χ0n) is 22.1. The first-order valence-electron chi connectivity index (χ1n) is 13.5. The molecule has 1 aromatic heterocycles. The van der Waals surface area contributed by atoms with E-state index in [0.29, 0.717) is 11.8 Å². The summed E-state index contributed by atoms with van der Waals surface area (Å²) in [5.74, 6) is 2.36. The van der Waals surface area contributed by atoms with E-state index in [9.17, 15) is 0 Å². The fourth-order valence-electron chi connectivity index (χ4n) is 6.82. The Kier molecular flexibility index (Phi) is 5.36. The van der Waals surface area contributed by atoms with Crippen molar-refractivity contribution in [2.75, 3.05) is 16.8 Å². The lowest BCUT2D eigenvalue weighted by Gasteiger charge is -2.37. The van der Waals surface area contributed by atoms with Gasteiger partial charge in [-0.1, -0.05) is 79.7 Å². The number of aromatic nitrogens is 2. The first kappa shape index (κ1) is 22.9. The van der Waals surface area contributed by atoms with Crippen LogP contribution in [0.4, 0.5) is 17.1 Å². The lowest BCUT2D eigenvalue weighted by molar-refractivity contribution is -0.654. The summed E-state index contributed by atoms with van der Waals surface area (Å²) in [6, 6.07) is 39.2. The third-order valence-electron chi connectivity index (χ3n) is 8.64. The minimum Gasteiger partial charge on any atom is -0.352 e. The number of para-hydroxylation sites is 6. The number of aryl methyl sites for hydroxylation is 1. The fraction of sp³-hybridized carbons (Fsp3) is 0.206. The largest absolute Gasteiger partial charge is 0.352 e. The Morgan fingerprint density at radius 3 is 2.00 bits per heavy atom. The van der Waals surface area contributed by atoms with E-state index in [4.69, 9.17) is 0 Å². The standard InChI is InChI=1S/C34H33N4/c1-24-27(33-35(2)29-18-10-12-20-31(29)37(33)25-14-6-4-7-15-25)22-23-28(24)34-36(3)30-19-11-13-21-32(30)38(34)26-16-8-5-9-17-26/h4-24,27-28,33H,1-3H3/q+1. The van der Waals surface area contributed by atoms with Gasteiger partial charge in [-0.2, -0.15) is 4.57 Å². The molecule has 0 spiro atoms. The Morgan fingerprint density at radius 2 is 1.26 bits per heavy atom. The summed E-state index contributed by atoms with van der Waals surface area (Å²) in [7, 11) is 4.47. The number of allylic oxidation sites excluding steroid dienone is 1. The van der Waals surface area contributed by atoms with Crippen molar-refractivity contribution in [3.63, 3.8) is 0 Å². The summed E-state index contributed by atoms with van der Waals surface area (Å²) < 4.78 is 4.86. The van der Waals surface area contributed by atoms with Gasteiger partial charge in [0.05, 0.1) is 24.3 Å². The van der Waals surface area contributed by atoms with Gasteiger partial charge in [0.15, 0.2) is 11.0 Å². The summed E-state index contributed by atoms with van der Waals surface area (Å²) in [4.78, 5) is 5.01. The normalized spacial score (nSPS) is 22.4. The van der Waals surface area contributed by atoms with E-state index in [0.717, 1.165) is 0 Å². The highest BCUT2D eigenvalue weighted by Crippen LogP contribution is 2.50. The molecule has 4 heteroatoms. The van der Waals surface area contributed by atoms with Crippen LogP contribution in [-0.4, -0.2) is 17.8 Å². The molecule has 0 saturated carbocycles. The van der Waals surface area contributed by atoms with Crippen molar-refractivity contribution in [2.45, 2.75) is 19.0 Å². The van der Waals surface area contributed by atoms with Gasteiger partial charge >= 0.3 is 0 Å². The van der Waals surface area contributed by atoms with E-state index < -0.39 is 0 Å². The summed E-state index contributed by atoms with van der Waals surface area (Å²) in [5.41, 5.74) is 7.51.